The largest absolute Gasteiger partial charge is 0.424 e. The van der Waals surface area contributed by atoms with Crippen molar-refractivity contribution in [2.45, 2.75) is 19.4 Å². The fourth-order valence-electron chi connectivity index (χ4n) is 2.21. The molecule has 8 heteroatoms. The molecule has 23 heavy (non-hydrogen) atoms. The Hall–Kier alpha value is -3.03. The van der Waals surface area contributed by atoms with Gasteiger partial charge in [-0.2, -0.15) is 0 Å². The van der Waals surface area contributed by atoms with E-state index < -0.39 is 16.9 Å². The Morgan fingerprint density at radius 2 is 2.13 bits per heavy atom. The molecule has 1 aromatic heterocycles. The number of ether oxygens (including phenoxy) is 1. The minimum absolute atomic E-state index is 0.232. The molecule has 0 radical (unpaired) electrons. The quantitative estimate of drug-likeness (QED) is 0.669. The maximum atomic E-state index is 12.0. The van der Waals surface area contributed by atoms with Crippen molar-refractivity contribution in [3.8, 4) is 11.8 Å². The number of nitro groups is 1. The lowest BCUT2D eigenvalue weighted by atomic mass is 10.2. The Labute approximate surface area is 131 Å². The van der Waals surface area contributed by atoms with Crippen LogP contribution in [0.5, 0.6) is 11.8 Å². The van der Waals surface area contributed by atoms with E-state index in [1.165, 1.54) is 0 Å². The minimum Gasteiger partial charge on any atom is -0.424 e. The summed E-state index contributed by atoms with van der Waals surface area (Å²) in [5.74, 6) is -0.325. The molecule has 2 aromatic rings. The van der Waals surface area contributed by atoms with Crippen LogP contribution in [0.15, 0.2) is 36.7 Å². The maximum absolute atomic E-state index is 12.0. The van der Waals surface area contributed by atoms with Crippen LogP contribution in [-0.2, 0) is 4.79 Å². The van der Waals surface area contributed by atoms with Crippen LogP contribution in [0.3, 0.4) is 0 Å². The third kappa shape index (κ3) is 3.42. The van der Waals surface area contributed by atoms with Gasteiger partial charge in [-0.25, -0.2) is 9.97 Å². The van der Waals surface area contributed by atoms with E-state index >= 15 is 0 Å². The third-order valence-electron chi connectivity index (χ3n) is 3.57. The molecule has 1 N–H and O–H groups in total. The summed E-state index contributed by atoms with van der Waals surface area (Å²) in [6.07, 6.45) is 3.45. The van der Waals surface area contributed by atoms with Gasteiger partial charge < -0.3 is 10.1 Å². The summed E-state index contributed by atoms with van der Waals surface area (Å²) < 4.78 is 5.50. The van der Waals surface area contributed by atoms with Crippen molar-refractivity contribution in [3.63, 3.8) is 0 Å². The molecule has 1 aliphatic carbocycles. The van der Waals surface area contributed by atoms with Crippen LogP contribution in [0.1, 0.15) is 12.0 Å². The molecule has 118 valence electrons. The molecular weight excluding hydrogens is 300 g/mol. The van der Waals surface area contributed by atoms with E-state index in [4.69, 9.17) is 4.74 Å². The van der Waals surface area contributed by atoms with E-state index in [9.17, 15) is 14.9 Å². The van der Waals surface area contributed by atoms with Crippen molar-refractivity contribution in [3.05, 3.63) is 52.3 Å². The zero-order valence-electron chi connectivity index (χ0n) is 12.3. The zero-order chi connectivity index (χ0) is 16.4. The summed E-state index contributed by atoms with van der Waals surface area (Å²) in [4.78, 5) is 30.1. The molecule has 0 saturated heterocycles. The van der Waals surface area contributed by atoms with Gasteiger partial charge in [-0.15, -0.1) is 0 Å². The van der Waals surface area contributed by atoms with Crippen molar-refractivity contribution in [2.75, 3.05) is 5.32 Å². The number of nitrogens with zero attached hydrogens (tertiary/aromatic N) is 3. The standard InChI is InChI=1S/C15H14N4O4/c1-9-7-10(23-15-16-5-2-6-17-15)3-4-12(9)18-14(20)11-8-13(11)19(21)22/h2-7,11,13H,8H2,1H3,(H,18,20)/t11-,13-/m0/s1. The lowest BCUT2D eigenvalue weighted by molar-refractivity contribution is -0.497. The fraction of sp³-hybridized carbons (Fsp3) is 0.267. The van der Waals surface area contributed by atoms with Gasteiger partial charge in [0.25, 0.3) is 0 Å². The highest BCUT2D eigenvalue weighted by Gasteiger charge is 2.53. The Kier molecular flexibility index (Phi) is 3.88. The van der Waals surface area contributed by atoms with Gasteiger partial charge in [-0.05, 0) is 36.8 Å². The van der Waals surface area contributed by atoms with Crippen LogP contribution in [0.2, 0.25) is 0 Å². The number of hydrogen-bond acceptors (Lipinski definition) is 6. The van der Waals surface area contributed by atoms with Gasteiger partial charge in [0.05, 0.1) is 0 Å². The molecule has 1 heterocycles. The number of aromatic nitrogens is 2. The van der Waals surface area contributed by atoms with Crippen LogP contribution in [-0.4, -0.2) is 26.8 Å². The van der Waals surface area contributed by atoms with Gasteiger partial charge in [0.15, 0.2) is 0 Å². The van der Waals surface area contributed by atoms with Gasteiger partial charge in [0.2, 0.25) is 11.9 Å². The van der Waals surface area contributed by atoms with Gasteiger partial charge in [-0.1, -0.05) is 0 Å². The minimum atomic E-state index is -0.756. The summed E-state index contributed by atoms with van der Waals surface area (Å²) >= 11 is 0. The molecule has 1 aromatic carbocycles. The molecule has 0 unspecified atom stereocenters. The number of nitrogens with one attached hydrogen (secondary N) is 1. The van der Waals surface area contributed by atoms with Crippen molar-refractivity contribution < 1.29 is 14.5 Å². The van der Waals surface area contributed by atoms with E-state index in [1.807, 2.05) is 6.92 Å². The first-order valence-corrected chi connectivity index (χ1v) is 7.04. The molecule has 2 atom stereocenters. The number of aryl methyl sites for hydroxylation is 1. The van der Waals surface area contributed by atoms with E-state index in [2.05, 4.69) is 15.3 Å². The Morgan fingerprint density at radius 1 is 1.39 bits per heavy atom. The average Bonchev–Trinajstić information content (AvgIpc) is 3.32. The summed E-state index contributed by atoms with van der Waals surface area (Å²) in [5.41, 5.74) is 1.38. The highest BCUT2D eigenvalue weighted by Crippen LogP contribution is 2.34. The number of hydrogen-bond donors (Lipinski definition) is 1. The molecule has 1 fully saturated rings. The summed E-state index contributed by atoms with van der Waals surface area (Å²) in [6, 6.07) is 6.27. The SMILES string of the molecule is Cc1cc(Oc2ncccn2)ccc1NC(=O)[C@H]1C[C@@H]1[N+](=O)[O-]. The van der Waals surface area contributed by atoms with Crippen molar-refractivity contribution in [1.82, 2.24) is 9.97 Å². The lowest BCUT2D eigenvalue weighted by Gasteiger charge is -2.10. The summed E-state index contributed by atoms with van der Waals surface area (Å²) in [6.45, 7) is 1.81. The molecule has 0 spiro atoms. The molecule has 1 saturated carbocycles. The topological polar surface area (TPSA) is 107 Å². The Balaban J connectivity index is 1.66. The molecule has 1 aliphatic rings. The fourth-order valence-corrected chi connectivity index (χ4v) is 2.21. The predicted molar refractivity (Wildman–Crippen MR) is 80.8 cm³/mol. The Bertz CT molecular complexity index is 750. The molecular formula is C15H14N4O4. The maximum Gasteiger partial charge on any atom is 0.321 e. The second kappa shape index (κ2) is 5.99. The average molecular weight is 314 g/mol. The summed E-state index contributed by atoms with van der Waals surface area (Å²) in [7, 11) is 0. The highest BCUT2D eigenvalue weighted by molar-refractivity contribution is 5.95. The molecule has 0 bridgehead atoms. The number of benzene rings is 1. The number of anilines is 1. The molecule has 3 rings (SSSR count). The number of carbonyl (C=O) groups excluding carboxylic acids is 1. The summed E-state index contributed by atoms with van der Waals surface area (Å²) in [5, 5.41) is 13.3. The molecule has 1 amide bonds. The monoisotopic (exact) mass is 314 g/mol. The van der Waals surface area contributed by atoms with Crippen molar-refractivity contribution in [2.24, 2.45) is 5.92 Å². The normalized spacial score (nSPS) is 19.0. The lowest BCUT2D eigenvalue weighted by Crippen LogP contribution is -2.19. The second-order valence-corrected chi connectivity index (χ2v) is 5.29. The van der Waals surface area contributed by atoms with Gasteiger partial charge in [0, 0.05) is 29.4 Å². The van der Waals surface area contributed by atoms with Crippen LogP contribution >= 0.6 is 0 Å². The molecule has 8 nitrogen and oxygen atoms in total. The van der Waals surface area contributed by atoms with E-state index in [0.29, 0.717) is 17.9 Å². The second-order valence-electron chi connectivity index (χ2n) is 5.29. The molecule has 0 aliphatic heterocycles. The van der Waals surface area contributed by atoms with Crippen LogP contribution in [0, 0.1) is 23.0 Å². The van der Waals surface area contributed by atoms with Gasteiger partial charge in [0.1, 0.15) is 11.7 Å². The number of carbonyl (C=O) groups is 1. The van der Waals surface area contributed by atoms with Crippen molar-refractivity contribution in [1.29, 1.82) is 0 Å². The van der Waals surface area contributed by atoms with Crippen molar-refractivity contribution >= 4 is 11.6 Å². The number of rotatable bonds is 5. The first kappa shape index (κ1) is 14.9. The first-order chi connectivity index (χ1) is 11.0. The Morgan fingerprint density at radius 3 is 2.74 bits per heavy atom. The van der Waals surface area contributed by atoms with E-state index in [1.54, 1.807) is 36.7 Å². The van der Waals surface area contributed by atoms with Crippen LogP contribution < -0.4 is 10.1 Å². The van der Waals surface area contributed by atoms with Crippen LogP contribution in [0.4, 0.5) is 5.69 Å². The predicted octanol–water partition coefficient (Wildman–Crippen LogP) is 2.18. The third-order valence-corrected chi connectivity index (χ3v) is 3.57. The van der Waals surface area contributed by atoms with E-state index in [-0.39, 0.29) is 11.9 Å². The van der Waals surface area contributed by atoms with Gasteiger partial charge >= 0.3 is 6.01 Å². The van der Waals surface area contributed by atoms with Crippen LogP contribution in [0.25, 0.3) is 0 Å². The smallest absolute Gasteiger partial charge is 0.321 e. The first-order valence-electron chi connectivity index (χ1n) is 7.04. The highest BCUT2D eigenvalue weighted by atomic mass is 16.6. The number of amides is 1. The van der Waals surface area contributed by atoms with E-state index in [0.717, 1.165) is 5.56 Å². The zero-order valence-corrected chi connectivity index (χ0v) is 12.3. The van der Waals surface area contributed by atoms with Gasteiger partial charge in [-0.3, -0.25) is 14.9 Å².